The molecule has 0 radical (unpaired) electrons. The van der Waals surface area contributed by atoms with Gasteiger partial charge in [-0.1, -0.05) is 0 Å². The third kappa shape index (κ3) is 2.88. The summed E-state index contributed by atoms with van der Waals surface area (Å²) in [6.07, 6.45) is 0. The average molecular weight is 272 g/mol. The van der Waals surface area contributed by atoms with E-state index in [1.54, 1.807) is 12.1 Å². The number of nitrogens with zero attached hydrogens (tertiary/aromatic N) is 1. The van der Waals surface area contributed by atoms with Crippen LogP contribution in [0.25, 0.3) is 5.69 Å². The Hall–Kier alpha value is -2.56. The van der Waals surface area contributed by atoms with E-state index in [0.29, 0.717) is 5.56 Å². The molecule has 1 aromatic carbocycles. The number of amides is 1. The molecule has 2 aromatic rings. The second kappa shape index (κ2) is 5.61. The number of hydrogen-bond donors (Lipinski definition) is 2. The highest BCUT2D eigenvalue weighted by atomic mass is 16.4. The number of carbonyl (C=O) groups excluding carboxylic acids is 1. The number of aromatic nitrogens is 1. The highest BCUT2D eigenvalue weighted by molar-refractivity contribution is 5.95. The molecule has 5 heteroatoms. The monoisotopic (exact) mass is 272 g/mol. The lowest BCUT2D eigenvalue weighted by molar-refractivity contribution is -0.135. The Labute approximate surface area is 116 Å². The number of hydrogen-bond acceptors (Lipinski definition) is 2. The maximum absolute atomic E-state index is 11.7. The van der Waals surface area contributed by atoms with Gasteiger partial charge in [-0.05, 0) is 50.2 Å². The zero-order valence-corrected chi connectivity index (χ0v) is 11.4. The number of nitrogens with one attached hydrogen (secondary N) is 1. The number of aliphatic carboxylic acids is 1. The van der Waals surface area contributed by atoms with E-state index in [2.05, 4.69) is 9.88 Å². The van der Waals surface area contributed by atoms with Crippen LogP contribution in [0.1, 0.15) is 21.7 Å². The maximum Gasteiger partial charge on any atom is 0.322 e. The summed E-state index contributed by atoms with van der Waals surface area (Å²) in [6, 6.07) is 11.1. The van der Waals surface area contributed by atoms with Gasteiger partial charge in [-0.25, -0.2) is 0 Å². The number of benzene rings is 1. The molecule has 2 rings (SSSR count). The van der Waals surface area contributed by atoms with Crippen molar-refractivity contribution in [2.45, 2.75) is 13.8 Å². The van der Waals surface area contributed by atoms with Gasteiger partial charge in [0.2, 0.25) is 0 Å². The zero-order valence-electron chi connectivity index (χ0n) is 11.4. The molecule has 0 bridgehead atoms. The average Bonchev–Trinajstić information content (AvgIpc) is 2.76. The van der Waals surface area contributed by atoms with Crippen molar-refractivity contribution in [3.8, 4) is 5.69 Å². The third-order valence-electron chi connectivity index (χ3n) is 3.06. The maximum atomic E-state index is 11.7. The van der Waals surface area contributed by atoms with Gasteiger partial charge in [-0.2, -0.15) is 0 Å². The second-order valence-electron chi connectivity index (χ2n) is 4.57. The Bertz CT molecular complexity index is 622. The molecule has 0 unspecified atom stereocenters. The van der Waals surface area contributed by atoms with E-state index < -0.39 is 5.97 Å². The van der Waals surface area contributed by atoms with E-state index in [-0.39, 0.29) is 12.5 Å². The summed E-state index contributed by atoms with van der Waals surface area (Å²) >= 11 is 0. The Morgan fingerprint density at radius 1 is 1.05 bits per heavy atom. The van der Waals surface area contributed by atoms with Gasteiger partial charge in [0.25, 0.3) is 5.91 Å². The standard InChI is InChI=1S/C15H16N2O3/c1-10-3-4-11(2)17(10)13-7-5-12(6-8-13)15(20)16-9-14(18)19/h3-8H,9H2,1-2H3,(H,16,20)(H,18,19). The fourth-order valence-electron chi connectivity index (χ4n) is 2.10. The zero-order chi connectivity index (χ0) is 14.7. The molecular weight excluding hydrogens is 256 g/mol. The Morgan fingerprint density at radius 2 is 1.60 bits per heavy atom. The first-order valence-corrected chi connectivity index (χ1v) is 6.24. The Kier molecular flexibility index (Phi) is 3.89. The highest BCUT2D eigenvalue weighted by Gasteiger charge is 2.08. The number of carboxylic acids is 1. The van der Waals surface area contributed by atoms with Crippen LogP contribution in [0.4, 0.5) is 0 Å². The molecule has 5 nitrogen and oxygen atoms in total. The summed E-state index contributed by atoms with van der Waals surface area (Å²) in [5, 5.41) is 10.9. The van der Waals surface area contributed by atoms with Crippen LogP contribution in [-0.4, -0.2) is 28.1 Å². The van der Waals surface area contributed by atoms with Crippen molar-refractivity contribution < 1.29 is 14.7 Å². The predicted molar refractivity (Wildman–Crippen MR) is 75.2 cm³/mol. The van der Waals surface area contributed by atoms with Crippen LogP contribution in [0.5, 0.6) is 0 Å². The van der Waals surface area contributed by atoms with Crippen LogP contribution in [0, 0.1) is 13.8 Å². The minimum absolute atomic E-state index is 0.379. The quantitative estimate of drug-likeness (QED) is 0.893. The SMILES string of the molecule is Cc1ccc(C)n1-c1ccc(C(=O)NCC(=O)O)cc1. The lowest BCUT2D eigenvalue weighted by Crippen LogP contribution is -2.29. The van der Waals surface area contributed by atoms with Crippen molar-refractivity contribution in [1.29, 1.82) is 0 Å². The minimum Gasteiger partial charge on any atom is -0.480 e. The first-order valence-electron chi connectivity index (χ1n) is 6.24. The van der Waals surface area contributed by atoms with E-state index in [9.17, 15) is 9.59 Å². The van der Waals surface area contributed by atoms with E-state index in [4.69, 9.17) is 5.11 Å². The Morgan fingerprint density at radius 3 is 2.10 bits per heavy atom. The number of carbonyl (C=O) groups is 2. The molecule has 0 saturated carbocycles. The molecule has 0 aliphatic heterocycles. The smallest absolute Gasteiger partial charge is 0.322 e. The van der Waals surface area contributed by atoms with Gasteiger partial charge in [0.15, 0.2) is 0 Å². The summed E-state index contributed by atoms with van der Waals surface area (Å²) in [6.45, 7) is 3.65. The fraction of sp³-hybridized carbons (Fsp3) is 0.200. The van der Waals surface area contributed by atoms with Gasteiger partial charge >= 0.3 is 5.97 Å². The molecule has 1 aromatic heterocycles. The summed E-state index contributed by atoms with van der Waals surface area (Å²) in [7, 11) is 0. The largest absolute Gasteiger partial charge is 0.480 e. The molecule has 0 atom stereocenters. The van der Waals surface area contributed by atoms with Crippen molar-refractivity contribution in [2.75, 3.05) is 6.54 Å². The van der Waals surface area contributed by atoms with E-state index >= 15 is 0 Å². The molecule has 1 amide bonds. The number of aryl methyl sites for hydroxylation is 2. The fourth-order valence-corrected chi connectivity index (χ4v) is 2.10. The second-order valence-corrected chi connectivity index (χ2v) is 4.57. The van der Waals surface area contributed by atoms with Gasteiger partial charge in [-0.15, -0.1) is 0 Å². The summed E-state index contributed by atoms with van der Waals surface area (Å²) in [5.41, 5.74) is 3.65. The molecule has 0 fully saturated rings. The van der Waals surface area contributed by atoms with Crippen LogP contribution < -0.4 is 5.32 Å². The first-order chi connectivity index (χ1) is 9.49. The normalized spacial score (nSPS) is 10.3. The molecule has 0 aliphatic carbocycles. The van der Waals surface area contributed by atoms with Gasteiger partial charge < -0.3 is 15.0 Å². The van der Waals surface area contributed by atoms with E-state index in [1.165, 1.54) is 0 Å². The lowest BCUT2D eigenvalue weighted by atomic mass is 10.2. The van der Waals surface area contributed by atoms with Crippen LogP contribution in [-0.2, 0) is 4.79 Å². The van der Waals surface area contributed by atoms with Gasteiger partial charge in [0.05, 0.1) is 0 Å². The van der Waals surface area contributed by atoms with E-state index in [1.807, 2.05) is 38.1 Å². The first kappa shape index (κ1) is 13.9. The molecule has 0 aliphatic rings. The van der Waals surface area contributed by atoms with Crippen LogP contribution >= 0.6 is 0 Å². The van der Waals surface area contributed by atoms with E-state index in [0.717, 1.165) is 17.1 Å². The molecule has 2 N–H and O–H groups in total. The topological polar surface area (TPSA) is 71.3 Å². The van der Waals surface area contributed by atoms with Crippen LogP contribution in [0.2, 0.25) is 0 Å². The summed E-state index contributed by atoms with van der Waals surface area (Å²) in [4.78, 5) is 22.1. The molecular formula is C15H16N2O3. The van der Waals surface area contributed by atoms with Gasteiger partial charge in [-0.3, -0.25) is 9.59 Å². The molecule has 20 heavy (non-hydrogen) atoms. The summed E-state index contributed by atoms with van der Waals surface area (Å²) < 4.78 is 2.08. The Balaban J connectivity index is 2.18. The molecule has 1 heterocycles. The van der Waals surface area contributed by atoms with Crippen LogP contribution in [0.15, 0.2) is 36.4 Å². The van der Waals surface area contributed by atoms with Gasteiger partial charge in [0.1, 0.15) is 6.54 Å². The van der Waals surface area contributed by atoms with Crippen molar-refractivity contribution in [2.24, 2.45) is 0 Å². The lowest BCUT2D eigenvalue weighted by Gasteiger charge is -2.10. The van der Waals surface area contributed by atoms with Crippen LogP contribution in [0.3, 0.4) is 0 Å². The molecule has 104 valence electrons. The number of rotatable bonds is 4. The third-order valence-corrected chi connectivity index (χ3v) is 3.06. The summed E-state index contributed by atoms with van der Waals surface area (Å²) in [5.74, 6) is -1.45. The molecule has 0 spiro atoms. The van der Waals surface area contributed by atoms with Crippen molar-refractivity contribution in [3.63, 3.8) is 0 Å². The van der Waals surface area contributed by atoms with Crippen molar-refractivity contribution in [1.82, 2.24) is 9.88 Å². The predicted octanol–water partition coefficient (Wildman–Crippen LogP) is 1.91. The highest BCUT2D eigenvalue weighted by Crippen LogP contribution is 2.16. The number of carboxylic acid groups (broad SMARTS) is 1. The molecule has 0 saturated heterocycles. The van der Waals surface area contributed by atoms with Crippen molar-refractivity contribution >= 4 is 11.9 Å². The van der Waals surface area contributed by atoms with Gasteiger partial charge in [0, 0.05) is 22.6 Å². The van der Waals surface area contributed by atoms with Crippen molar-refractivity contribution in [3.05, 3.63) is 53.3 Å². The minimum atomic E-state index is -1.06.